The molecular weight excluding hydrogens is 508 g/mol. The maximum atomic E-state index is 12.5. The SMILES string of the molecule is Cc1ccc(OCn2ccc(C(=O)Nc3c(Br)cc([N+](=O)[O-])cc3Br)n2)c(C)c1. The molecule has 0 aliphatic rings. The van der Waals surface area contributed by atoms with Gasteiger partial charge in [0.15, 0.2) is 12.4 Å². The molecule has 3 rings (SSSR count). The van der Waals surface area contributed by atoms with Crippen LogP contribution in [-0.4, -0.2) is 20.6 Å². The number of benzene rings is 2. The Morgan fingerprint density at radius 3 is 2.52 bits per heavy atom. The number of aromatic nitrogens is 2. The third kappa shape index (κ3) is 5.01. The number of nitrogens with zero attached hydrogens (tertiary/aromatic N) is 3. The number of anilines is 1. The fourth-order valence-electron chi connectivity index (χ4n) is 2.61. The first-order chi connectivity index (χ1) is 13.7. The predicted molar refractivity (Wildman–Crippen MR) is 115 cm³/mol. The van der Waals surface area contributed by atoms with Gasteiger partial charge in [-0.2, -0.15) is 5.10 Å². The van der Waals surface area contributed by atoms with Crippen LogP contribution in [0.2, 0.25) is 0 Å². The number of nitro groups is 1. The molecule has 8 nitrogen and oxygen atoms in total. The zero-order chi connectivity index (χ0) is 21.1. The molecule has 0 bridgehead atoms. The van der Waals surface area contributed by atoms with Crippen molar-refractivity contribution in [2.24, 2.45) is 0 Å². The quantitative estimate of drug-likeness (QED) is 0.352. The molecule has 0 spiro atoms. The number of hydrogen-bond donors (Lipinski definition) is 1. The molecule has 0 radical (unpaired) electrons. The number of rotatable bonds is 6. The highest BCUT2D eigenvalue weighted by Gasteiger charge is 2.18. The fourth-order valence-corrected chi connectivity index (χ4v) is 3.97. The molecule has 0 unspecified atom stereocenters. The highest BCUT2D eigenvalue weighted by atomic mass is 79.9. The van der Waals surface area contributed by atoms with Crippen molar-refractivity contribution in [2.75, 3.05) is 5.32 Å². The van der Waals surface area contributed by atoms with Crippen LogP contribution in [0.1, 0.15) is 21.6 Å². The van der Waals surface area contributed by atoms with Gasteiger partial charge >= 0.3 is 0 Å². The molecule has 0 saturated heterocycles. The molecule has 1 aromatic heterocycles. The van der Waals surface area contributed by atoms with Gasteiger partial charge in [0.2, 0.25) is 0 Å². The minimum Gasteiger partial charge on any atom is -0.471 e. The van der Waals surface area contributed by atoms with E-state index in [4.69, 9.17) is 4.74 Å². The van der Waals surface area contributed by atoms with E-state index in [0.29, 0.717) is 14.6 Å². The fraction of sp³-hybridized carbons (Fsp3) is 0.158. The molecule has 0 saturated carbocycles. The normalized spacial score (nSPS) is 10.6. The van der Waals surface area contributed by atoms with Crippen molar-refractivity contribution in [1.82, 2.24) is 9.78 Å². The van der Waals surface area contributed by atoms with Crippen molar-refractivity contribution < 1.29 is 14.5 Å². The van der Waals surface area contributed by atoms with Gasteiger partial charge in [-0.15, -0.1) is 0 Å². The Labute approximate surface area is 183 Å². The lowest BCUT2D eigenvalue weighted by Crippen LogP contribution is -2.15. The summed E-state index contributed by atoms with van der Waals surface area (Å²) < 4.78 is 8.02. The molecule has 0 fully saturated rings. The Hall–Kier alpha value is -2.72. The summed E-state index contributed by atoms with van der Waals surface area (Å²) in [4.78, 5) is 22.9. The third-order valence-electron chi connectivity index (χ3n) is 4.03. The molecule has 2 aromatic carbocycles. The second kappa shape index (κ2) is 8.75. The molecular formula is C19H16Br2N4O4. The summed E-state index contributed by atoms with van der Waals surface area (Å²) in [6.45, 7) is 4.13. The number of halogens is 2. The van der Waals surface area contributed by atoms with E-state index < -0.39 is 10.8 Å². The summed E-state index contributed by atoms with van der Waals surface area (Å²) in [7, 11) is 0. The van der Waals surface area contributed by atoms with E-state index >= 15 is 0 Å². The number of hydrogen-bond acceptors (Lipinski definition) is 5. The van der Waals surface area contributed by atoms with Gasteiger partial charge in [-0.1, -0.05) is 17.7 Å². The van der Waals surface area contributed by atoms with Gasteiger partial charge in [0.1, 0.15) is 5.75 Å². The number of amides is 1. The van der Waals surface area contributed by atoms with Crippen molar-refractivity contribution >= 4 is 49.1 Å². The Bertz CT molecular complexity index is 1070. The highest BCUT2D eigenvalue weighted by Crippen LogP contribution is 2.35. The van der Waals surface area contributed by atoms with E-state index in [-0.39, 0.29) is 18.1 Å². The molecule has 1 amide bonds. The molecule has 150 valence electrons. The molecule has 1 heterocycles. The summed E-state index contributed by atoms with van der Waals surface area (Å²) in [6, 6.07) is 10.1. The summed E-state index contributed by atoms with van der Waals surface area (Å²) in [5, 5.41) is 17.8. The van der Waals surface area contributed by atoms with Crippen LogP contribution in [0, 0.1) is 24.0 Å². The van der Waals surface area contributed by atoms with Crippen LogP contribution >= 0.6 is 31.9 Å². The Morgan fingerprint density at radius 2 is 1.90 bits per heavy atom. The summed E-state index contributed by atoms with van der Waals surface area (Å²) in [6.07, 6.45) is 1.64. The lowest BCUT2D eigenvalue weighted by Gasteiger charge is -2.10. The third-order valence-corrected chi connectivity index (χ3v) is 5.28. The van der Waals surface area contributed by atoms with Crippen molar-refractivity contribution in [3.63, 3.8) is 0 Å². The molecule has 29 heavy (non-hydrogen) atoms. The molecule has 0 aliphatic carbocycles. The van der Waals surface area contributed by atoms with Gasteiger partial charge in [-0.05, 0) is 63.4 Å². The Balaban J connectivity index is 1.69. The summed E-state index contributed by atoms with van der Waals surface area (Å²) >= 11 is 6.48. The molecule has 10 heteroatoms. The topological polar surface area (TPSA) is 99.3 Å². The predicted octanol–water partition coefficient (Wildman–Crippen LogP) is 5.22. The molecule has 0 atom stereocenters. The first-order valence-electron chi connectivity index (χ1n) is 8.43. The number of ether oxygens (including phenoxy) is 1. The first kappa shape index (κ1) is 21.0. The average molecular weight is 524 g/mol. The van der Waals surface area contributed by atoms with Gasteiger partial charge in [0, 0.05) is 27.3 Å². The maximum absolute atomic E-state index is 12.5. The summed E-state index contributed by atoms with van der Waals surface area (Å²) in [5.41, 5.74) is 2.63. The van der Waals surface area contributed by atoms with Crippen LogP contribution < -0.4 is 10.1 Å². The van der Waals surface area contributed by atoms with Crippen LogP contribution in [0.4, 0.5) is 11.4 Å². The Kier molecular flexibility index (Phi) is 6.33. The van der Waals surface area contributed by atoms with Gasteiger partial charge in [0.25, 0.3) is 11.6 Å². The Morgan fingerprint density at radius 1 is 1.21 bits per heavy atom. The van der Waals surface area contributed by atoms with Crippen LogP contribution in [0.25, 0.3) is 0 Å². The molecule has 1 N–H and O–H groups in total. The van der Waals surface area contributed by atoms with Crippen LogP contribution in [0.15, 0.2) is 51.5 Å². The standard InChI is InChI=1S/C19H16Br2N4O4/c1-11-3-4-17(12(2)7-11)29-10-24-6-5-16(23-24)19(26)22-18-14(20)8-13(25(27)28)9-15(18)21/h3-9H,10H2,1-2H3,(H,22,26). The second-order valence-electron chi connectivity index (χ2n) is 6.28. The summed E-state index contributed by atoms with van der Waals surface area (Å²) in [5.74, 6) is 0.293. The lowest BCUT2D eigenvalue weighted by atomic mass is 10.1. The smallest absolute Gasteiger partial charge is 0.276 e. The minimum absolute atomic E-state index is 0.102. The lowest BCUT2D eigenvalue weighted by molar-refractivity contribution is -0.385. The van der Waals surface area contributed by atoms with Gasteiger partial charge in [0.05, 0.1) is 10.6 Å². The number of carbonyl (C=O) groups is 1. The van der Waals surface area contributed by atoms with Crippen LogP contribution in [0.5, 0.6) is 5.75 Å². The van der Waals surface area contributed by atoms with E-state index in [1.807, 2.05) is 32.0 Å². The molecule has 0 aliphatic heterocycles. The maximum Gasteiger partial charge on any atom is 0.276 e. The van der Waals surface area contributed by atoms with E-state index in [1.54, 1.807) is 12.3 Å². The zero-order valence-electron chi connectivity index (χ0n) is 15.5. The van der Waals surface area contributed by atoms with Crippen molar-refractivity contribution in [2.45, 2.75) is 20.6 Å². The monoisotopic (exact) mass is 522 g/mol. The number of nitrogens with one attached hydrogen (secondary N) is 1. The van der Waals surface area contributed by atoms with Gasteiger partial charge < -0.3 is 10.1 Å². The van der Waals surface area contributed by atoms with Crippen LogP contribution in [-0.2, 0) is 6.73 Å². The average Bonchev–Trinajstić information content (AvgIpc) is 3.12. The van der Waals surface area contributed by atoms with Crippen molar-refractivity contribution in [1.29, 1.82) is 0 Å². The van der Waals surface area contributed by atoms with E-state index in [0.717, 1.165) is 16.9 Å². The van der Waals surface area contributed by atoms with Crippen LogP contribution in [0.3, 0.4) is 0 Å². The second-order valence-corrected chi connectivity index (χ2v) is 7.99. The van der Waals surface area contributed by atoms with Gasteiger partial charge in [-0.3, -0.25) is 14.9 Å². The van der Waals surface area contributed by atoms with E-state index in [2.05, 4.69) is 42.3 Å². The molecule has 3 aromatic rings. The zero-order valence-corrected chi connectivity index (χ0v) is 18.7. The largest absolute Gasteiger partial charge is 0.471 e. The number of aryl methyl sites for hydroxylation is 2. The number of non-ortho nitro benzene ring substituents is 1. The van der Waals surface area contributed by atoms with Crippen molar-refractivity contribution in [3.8, 4) is 5.75 Å². The number of carbonyl (C=O) groups excluding carboxylic acids is 1. The number of nitro benzene ring substituents is 1. The highest BCUT2D eigenvalue weighted by molar-refractivity contribution is 9.11. The van der Waals surface area contributed by atoms with Gasteiger partial charge in [-0.25, -0.2) is 4.68 Å². The van der Waals surface area contributed by atoms with E-state index in [9.17, 15) is 14.9 Å². The van der Waals surface area contributed by atoms with E-state index in [1.165, 1.54) is 16.8 Å². The first-order valence-corrected chi connectivity index (χ1v) is 10.0. The minimum atomic E-state index is -0.515. The van der Waals surface area contributed by atoms with Crippen molar-refractivity contribution in [3.05, 3.63) is 78.5 Å².